The first-order valence-corrected chi connectivity index (χ1v) is 5.77. The number of hydrogen-bond donors (Lipinski definition) is 1. The van der Waals surface area contributed by atoms with Gasteiger partial charge in [-0.1, -0.05) is 37.5 Å². The number of para-hydroxylation sites is 1. The minimum atomic E-state index is 0.652. The van der Waals surface area contributed by atoms with Crippen LogP contribution in [0.1, 0.15) is 31.2 Å². The third kappa shape index (κ3) is 2.96. The van der Waals surface area contributed by atoms with Gasteiger partial charge in [-0.15, -0.1) is 0 Å². The number of anilines is 1. The van der Waals surface area contributed by atoms with Gasteiger partial charge in [0.2, 0.25) is 0 Å². The summed E-state index contributed by atoms with van der Waals surface area (Å²) in [6.07, 6.45) is 5.43. The van der Waals surface area contributed by atoms with Crippen LogP contribution in [-0.4, -0.2) is 6.61 Å². The fraction of sp³-hybridized carbons (Fsp3) is 0.538. The van der Waals surface area contributed by atoms with Crippen molar-refractivity contribution in [1.82, 2.24) is 0 Å². The van der Waals surface area contributed by atoms with Crippen LogP contribution in [0.25, 0.3) is 0 Å². The summed E-state index contributed by atoms with van der Waals surface area (Å²) in [6.45, 7) is 1.53. The normalized spacial score (nSPS) is 16.3. The first-order valence-electron chi connectivity index (χ1n) is 5.77. The van der Waals surface area contributed by atoms with Gasteiger partial charge in [-0.05, 0) is 18.4 Å². The van der Waals surface area contributed by atoms with Gasteiger partial charge in [0.15, 0.2) is 0 Å². The van der Waals surface area contributed by atoms with E-state index in [2.05, 4.69) is 0 Å². The summed E-state index contributed by atoms with van der Waals surface area (Å²) < 4.78 is 5.63. The Morgan fingerprint density at radius 3 is 2.73 bits per heavy atom. The van der Waals surface area contributed by atoms with E-state index < -0.39 is 0 Å². The summed E-state index contributed by atoms with van der Waals surface area (Å²) in [4.78, 5) is 0. The Bertz CT molecular complexity index is 307. The maximum absolute atomic E-state index is 5.82. The fourth-order valence-electron chi connectivity index (χ4n) is 1.88. The van der Waals surface area contributed by atoms with Gasteiger partial charge < -0.3 is 10.5 Å². The summed E-state index contributed by atoms with van der Waals surface area (Å²) in [7, 11) is 0. The van der Waals surface area contributed by atoms with E-state index in [0.717, 1.165) is 23.8 Å². The van der Waals surface area contributed by atoms with E-state index in [-0.39, 0.29) is 0 Å². The van der Waals surface area contributed by atoms with Gasteiger partial charge in [-0.2, -0.15) is 0 Å². The van der Waals surface area contributed by atoms with Crippen molar-refractivity contribution in [3.63, 3.8) is 0 Å². The highest BCUT2D eigenvalue weighted by Gasteiger charge is 2.16. The van der Waals surface area contributed by atoms with E-state index in [4.69, 9.17) is 10.5 Å². The summed E-state index contributed by atoms with van der Waals surface area (Å²) in [5.74, 6) is 0.929. The second-order valence-electron chi connectivity index (χ2n) is 4.34. The average Bonchev–Trinajstić information content (AvgIpc) is 2.17. The fourth-order valence-corrected chi connectivity index (χ4v) is 1.88. The molecule has 2 rings (SSSR count). The summed E-state index contributed by atoms with van der Waals surface area (Å²) in [5.41, 5.74) is 7.76. The van der Waals surface area contributed by atoms with Crippen molar-refractivity contribution >= 4 is 5.69 Å². The van der Waals surface area contributed by atoms with Gasteiger partial charge in [-0.25, -0.2) is 0 Å². The molecule has 0 heterocycles. The molecule has 0 radical (unpaired) electrons. The summed E-state index contributed by atoms with van der Waals surface area (Å²) >= 11 is 0. The quantitative estimate of drug-likeness (QED) is 0.592. The Labute approximate surface area is 91.4 Å². The van der Waals surface area contributed by atoms with Crippen molar-refractivity contribution in [2.45, 2.75) is 32.3 Å². The topological polar surface area (TPSA) is 35.2 Å². The SMILES string of the molecule is Nc1ccccc1COCCC1CCC1. The van der Waals surface area contributed by atoms with Gasteiger partial charge in [0.1, 0.15) is 0 Å². The van der Waals surface area contributed by atoms with Crippen molar-refractivity contribution in [2.24, 2.45) is 5.92 Å². The van der Waals surface area contributed by atoms with Crippen LogP contribution in [0.15, 0.2) is 24.3 Å². The number of hydrogen-bond acceptors (Lipinski definition) is 2. The second kappa shape index (κ2) is 5.17. The number of benzene rings is 1. The van der Waals surface area contributed by atoms with E-state index in [0.29, 0.717) is 6.61 Å². The lowest BCUT2D eigenvalue weighted by Crippen LogP contribution is -2.13. The first kappa shape index (κ1) is 10.5. The van der Waals surface area contributed by atoms with Gasteiger partial charge >= 0.3 is 0 Å². The predicted molar refractivity (Wildman–Crippen MR) is 62.5 cm³/mol. The molecule has 0 bridgehead atoms. The van der Waals surface area contributed by atoms with E-state index in [1.165, 1.54) is 25.7 Å². The van der Waals surface area contributed by atoms with Crippen LogP contribution in [0.2, 0.25) is 0 Å². The zero-order valence-electron chi connectivity index (χ0n) is 9.11. The van der Waals surface area contributed by atoms with Gasteiger partial charge in [-0.3, -0.25) is 0 Å². The smallest absolute Gasteiger partial charge is 0.0736 e. The highest BCUT2D eigenvalue weighted by atomic mass is 16.5. The highest BCUT2D eigenvalue weighted by molar-refractivity contribution is 5.45. The molecule has 0 saturated heterocycles. The molecule has 15 heavy (non-hydrogen) atoms. The lowest BCUT2D eigenvalue weighted by molar-refractivity contribution is 0.0953. The maximum Gasteiger partial charge on any atom is 0.0736 e. The molecule has 1 aromatic carbocycles. The molecule has 0 unspecified atom stereocenters. The molecule has 0 aromatic heterocycles. The molecular weight excluding hydrogens is 186 g/mol. The van der Waals surface area contributed by atoms with Crippen LogP contribution < -0.4 is 5.73 Å². The van der Waals surface area contributed by atoms with Crippen molar-refractivity contribution < 1.29 is 4.74 Å². The van der Waals surface area contributed by atoms with E-state index in [9.17, 15) is 0 Å². The Kier molecular flexibility index (Phi) is 3.62. The molecular formula is C13H19NO. The van der Waals surface area contributed by atoms with Crippen LogP contribution in [0.4, 0.5) is 5.69 Å². The summed E-state index contributed by atoms with van der Waals surface area (Å²) in [6, 6.07) is 7.90. The molecule has 82 valence electrons. The van der Waals surface area contributed by atoms with Crippen molar-refractivity contribution in [2.75, 3.05) is 12.3 Å². The van der Waals surface area contributed by atoms with Crippen LogP contribution in [0, 0.1) is 5.92 Å². The molecule has 0 atom stereocenters. The van der Waals surface area contributed by atoms with Crippen molar-refractivity contribution in [3.05, 3.63) is 29.8 Å². The molecule has 2 N–H and O–H groups in total. The summed E-state index contributed by atoms with van der Waals surface area (Å²) in [5, 5.41) is 0. The number of rotatable bonds is 5. The lowest BCUT2D eigenvalue weighted by Gasteiger charge is -2.24. The second-order valence-corrected chi connectivity index (χ2v) is 4.34. The largest absolute Gasteiger partial charge is 0.398 e. The number of nitrogens with two attached hydrogens (primary N) is 1. The third-order valence-electron chi connectivity index (χ3n) is 3.21. The van der Waals surface area contributed by atoms with E-state index in [1.54, 1.807) is 0 Å². The van der Waals surface area contributed by atoms with Gasteiger partial charge in [0.25, 0.3) is 0 Å². The molecule has 0 aliphatic heterocycles. The highest BCUT2D eigenvalue weighted by Crippen LogP contribution is 2.29. The monoisotopic (exact) mass is 205 g/mol. The molecule has 2 nitrogen and oxygen atoms in total. The number of nitrogen functional groups attached to an aromatic ring is 1. The van der Waals surface area contributed by atoms with Crippen molar-refractivity contribution in [1.29, 1.82) is 0 Å². The predicted octanol–water partition coefficient (Wildman–Crippen LogP) is 2.98. The van der Waals surface area contributed by atoms with Gasteiger partial charge in [0.05, 0.1) is 6.61 Å². The van der Waals surface area contributed by atoms with E-state index >= 15 is 0 Å². The van der Waals surface area contributed by atoms with Crippen LogP contribution in [-0.2, 0) is 11.3 Å². The van der Waals surface area contributed by atoms with Crippen molar-refractivity contribution in [3.8, 4) is 0 Å². The zero-order valence-corrected chi connectivity index (χ0v) is 9.11. The molecule has 1 aliphatic carbocycles. The molecule has 0 spiro atoms. The van der Waals surface area contributed by atoms with Crippen LogP contribution in [0.3, 0.4) is 0 Å². The number of ether oxygens (including phenoxy) is 1. The molecule has 2 heteroatoms. The maximum atomic E-state index is 5.82. The standard InChI is InChI=1S/C13H19NO/c14-13-7-2-1-6-12(13)10-15-9-8-11-4-3-5-11/h1-2,6-7,11H,3-5,8-10,14H2. The van der Waals surface area contributed by atoms with Crippen LogP contribution >= 0.6 is 0 Å². The minimum Gasteiger partial charge on any atom is -0.398 e. The first-order chi connectivity index (χ1) is 7.36. The third-order valence-corrected chi connectivity index (χ3v) is 3.21. The average molecular weight is 205 g/mol. The Morgan fingerprint density at radius 2 is 2.07 bits per heavy atom. The zero-order chi connectivity index (χ0) is 10.5. The van der Waals surface area contributed by atoms with Crippen LogP contribution in [0.5, 0.6) is 0 Å². The minimum absolute atomic E-state index is 0.652. The van der Waals surface area contributed by atoms with Gasteiger partial charge in [0, 0.05) is 17.9 Å². The lowest BCUT2D eigenvalue weighted by atomic mass is 9.83. The molecule has 1 fully saturated rings. The Morgan fingerprint density at radius 1 is 1.27 bits per heavy atom. The Hall–Kier alpha value is -1.02. The molecule has 1 saturated carbocycles. The molecule has 1 aliphatic rings. The molecule has 0 amide bonds. The Balaban J connectivity index is 1.66. The van der Waals surface area contributed by atoms with E-state index in [1.807, 2.05) is 24.3 Å². The molecule has 1 aromatic rings.